The molecule has 0 aliphatic carbocycles. The summed E-state index contributed by atoms with van der Waals surface area (Å²) in [5.74, 6) is -2.63. The van der Waals surface area contributed by atoms with Gasteiger partial charge in [0.05, 0.1) is 6.61 Å². The first-order valence-electron chi connectivity index (χ1n) is 3.58. The highest BCUT2D eigenvalue weighted by atomic mass is 16.5. The lowest BCUT2D eigenvalue weighted by atomic mass is 10.3. The lowest BCUT2D eigenvalue weighted by Gasteiger charge is -2.00. The molecule has 12 heavy (non-hydrogen) atoms. The molecule has 5 nitrogen and oxygen atoms in total. The molecule has 0 spiro atoms. The van der Waals surface area contributed by atoms with Gasteiger partial charge in [-0.05, 0) is 6.42 Å². The molecule has 0 fully saturated rings. The molecule has 0 saturated heterocycles. The first-order valence-corrected chi connectivity index (χ1v) is 3.58. The number of ether oxygens (including phenoxy) is 1. The molecule has 0 amide bonds. The van der Waals surface area contributed by atoms with E-state index in [2.05, 4.69) is 4.74 Å². The normalized spacial score (nSPS) is 9.08. The van der Waals surface area contributed by atoms with E-state index in [4.69, 9.17) is 10.5 Å². The van der Waals surface area contributed by atoms with Crippen LogP contribution in [-0.2, 0) is 14.3 Å². The van der Waals surface area contributed by atoms with Crippen LogP contribution in [0.25, 0.3) is 0 Å². The Morgan fingerprint density at radius 1 is 1.50 bits per heavy atom. The molecule has 0 aromatic heterocycles. The van der Waals surface area contributed by atoms with Crippen molar-refractivity contribution in [3.8, 4) is 0 Å². The van der Waals surface area contributed by atoms with Gasteiger partial charge < -0.3 is 9.84 Å². The standard InChI is InChI=1S/C7H11NO4/c1-2-3-4-12-7(11)5(8)6(9)10/h8H,2-4H2,1H3,(H,9,10). The molecule has 0 aliphatic rings. The van der Waals surface area contributed by atoms with Gasteiger partial charge in [0.25, 0.3) is 0 Å². The lowest BCUT2D eigenvalue weighted by Crippen LogP contribution is -2.25. The minimum atomic E-state index is -1.56. The van der Waals surface area contributed by atoms with Gasteiger partial charge in [0.1, 0.15) is 0 Å². The molecule has 68 valence electrons. The van der Waals surface area contributed by atoms with Gasteiger partial charge in [-0.25, -0.2) is 9.59 Å². The van der Waals surface area contributed by atoms with Crippen LogP contribution in [0.2, 0.25) is 0 Å². The third kappa shape index (κ3) is 3.70. The zero-order valence-electron chi connectivity index (χ0n) is 6.79. The van der Waals surface area contributed by atoms with Crippen LogP contribution < -0.4 is 0 Å². The maximum Gasteiger partial charge on any atom is 0.363 e. The number of carboxylic acids is 1. The summed E-state index contributed by atoms with van der Waals surface area (Å²) in [7, 11) is 0. The topological polar surface area (TPSA) is 87.5 Å². The number of hydrogen-bond donors (Lipinski definition) is 2. The summed E-state index contributed by atoms with van der Waals surface area (Å²) in [6.07, 6.45) is 1.53. The van der Waals surface area contributed by atoms with Crippen LogP contribution in [0.4, 0.5) is 0 Å². The minimum Gasteiger partial charge on any atom is -0.476 e. The van der Waals surface area contributed by atoms with E-state index < -0.39 is 17.7 Å². The molecule has 0 aromatic carbocycles. The number of carbonyl (C=O) groups is 2. The predicted octanol–water partition coefficient (Wildman–Crippen LogP) is 0.434. The molecule has 0 aliphatic heterocycles. The molecular weight excluding hydrogens is 162 g/mol. The van der Waals surface area contributed by atoms with E-state index in [0.717, 1.165) is 6.42 Å². The van der Waals surface area contributed by atoms with E-state index in [1.54, 1.807) is 0 Å². The van der Waals surface area contributed by atoms with Gasteiger partial charge in [-0.2, -0.15) is 0 Å². The van der Waals surface area contributed by atoms with Crippen LogP contribution in [0.1, 0.15) is 19.8 Å². The molecule has 0 radical (unpaired) electrons. The summed E-state index contributed by atoms with van der Waals surface area (Å²) in [5.41, 5.74) is -1.02. The van der Waals surface area contributed by atoms with Gasteiger partial charge in [-0.15, -0.1) is 0 Å². The largest absolute Gasteiger partial charge is 0.476 e. The van der Waals surface area contributed by atoms with E-state index in [1.807, 2.05) is 6.92 Å². The van der Waals surface area contributed by atoms with Gasteiger partial charge >= 0.3 is 11.9 Å². The molecule has 0 rings (SSSR count). The zero-order valence-corrected chi connectivity index (χ0v) is 6.79. The Bertz CT molecular complexity index is 200. The van der Waals surface area contributed by atoms with E-state index in [9.17, 15) is 9.59 Å². The second-order valence-corrected chi connectivity index (χ2v) is 2.17. The van der Waals surface area contributed by atoms with Gasteiger partial charge in [-0.1, -0.05) is 13.3 Å². The minimum absolute atomic E-state index is 0.172. The fourth-order valence-corrected chi connectivity index (χ4v) is 0.469. The molecule has 0 bridgehead atoms. The average molecular weight is 173 g/mol. The number of aliphatic carboxylic acids is 1. The van der Waals surface area contributed by atoms with E-state index >= 15 is 0 Å². The first kappa shape index (κ1) is 10.6. The SMILES string of the molecule is CCCCOC(=O)C(=N)C(=O)O. The van der Waals surface area contributed by atoms with Crippen LogP contribution in [0, 0.1) is 5.41 Å². The van der Waals surface area contributed by atoms with Crippen molar-refractivity contribution in [1.82, 2.24) is 0 Å². The fraction of sp³-hybridized carbons (Fsp3) is 0.571. The van der Waals surface area contributed by atoms with Crippen molar-refractivity contribution in [3.63, 3.8) is 0 Å². The van der Waals surface area contributed by atoms with Crippen molar-refractivity contribution >= 4 is 17.7 Å². The number of nitrogens with one attached hydrogen (secondary N) is 1. The molecule has 0 unspecified atom stereocenters. The first-order chi connectivity index (χ1) is 5.59. The predicted molar refractivity (Wildman–Crippen MR) is 41.2 cm³/mol. The van der Waals surface area contributed by atoms with Crippen molar-refractivity contribution in [3.05, 3.63) is 0 Å². The van der Waals surface area contributed by atoms with E-state index in [-0.39, 0.29) is 6.61 Å². The summed E-state index contributed by atoms with van der Waals surface area (Å²) in [6, 6.07) is 0. The van der Waals surface area contributed by atoms with Crippen LogP contribution in [0.3, 0.4) is 0 Å². The van der Waals surface area contributed by atoms with Crippen molar-refractivity contribution in [2.45, 2.75) is 19.8 Å². The molecule has 0 saturated carbocycles. The third-order valence-corrected chi connectivity index (χ3v) is 1.15. The Kier molecular flexibility index (Phi) is 4.67. The van der Waals surface area contributed by atoms with Crippen LogP contribution in [-0.4, -0.2) is 29.4 Å². The van der Waals surface area contributed by atoms with Crippen molar-refractivity contribution < 1.29 is 19.4 Å². The van der Waals surface area contributed by atoms with E-state index in [0.29, 0.717) is 6.42 Å². The van der Waals surface area contributed by atoms with E-state index in [1.165, 1.54) is 0 Å². The third-order valence-electron chi connectivity index (χ3n) is 1.15. The molecular formula is C7H11NO4. The number of carbonyl (C=O) groups excluding carboxylic acids is 1. The number of rotatable bonds is 5. The maximum atomic E-state index is 10.6. The Hall–Kier alpha value is -1.39. The Morgan fingerprint density at radius 2 is 2.08 bits per heavy atom. The summed E-state index contributed by atoms with van der Waals surface area (Å²) in [5, 5.41) is 14.9. The highest BCUT2D eigenvalue weighted by Crippen LogP contribution is 1.89. The lowest BCUT2D eigenvalue weighted by molar-refractivity contribution is -0.138. The Labute approximate surface area is 69.8 Å². The maximum absolute atomic E-state index is 10.6. The molecule has 0 heterocycles. The average Bonchev–Trinajstić information content (AvgIpc) is 2.03. The summed E-state index contributed by atoms with van der Waals surface area (Å²) < 4.78 is 4.46. The van der Waals surface area contributed by atoms with Crippen molar-refractivity contribution in [2.24, 2.45) is 0 Å². The molecule has 5 heteroatoms. The quantitative estimate of drug-likeness (QED) is 0.273. The Balaban J connectivity index is 3.73. The highest BCUT2D eigenvalue weighted by Gasteiger charge is 2.17. The molecule has 0 atom stereocenters. The summed E-state index contributed by atoms with van der Waals surface area (Å²) in [6.45, 7) is 2.08. The summed E-state index contributed by atoms with van der Waals surface area (Å²) in [4.78, 5) is 20.7. The van der Waals surface area contributed by atoms with Crippen LogP contribution in [0.15, 0.2) is 0 Å². The van der Waals surface area contributed by atoms with Crippen LogP contribution in [0.5, 0.6) is 0 Å². The smallest absolute Gasteiger partial charge is 0.363 e. The number of esters is 1. The second kappa shape index (κ2) is 5.29. The Morgan fingerprint density at radius 3 is 2.50 bits per heavy atom. The molecule has 2 N–H and O–H groups in total. The van der Waals surface area contributed by atoms with Gasteiger partial charge in [-0.3, -0.25) is 5.41 Å². The van der Waals surface area contributed by atoms with Gasteiger partial charge in [0.2, 0.25) is 5.71 Å². The molecule has 0 aromatic rings. The fourth-order valence-electron chi connectivity index (χ4n) is 0.469. The number of hydrogen-bond acceptors (Lipinski definition) is 4. The number of carboxylic acid groups (broad SMARTS) is 1. The van der Waals surface area contributed by atoms with Crippen molar-refractivity contribution in [1.29, 1.82) is 5.41 Å². The number of unbranched alkanes of at least 4 members (excludes halogenated alkanes) is 1. The highest BCUT2D eigenvalue weighted by molar-refractivity contribution is 6.61. The van der Waals surface area contributed by atoms with Gasteiger partial charge in [0, 0.05) is 0 Å². The van der Waals surface area contributed by atoms with Crippen LogP contribution >= 0.6 is 0 Å². The van der Waals surface area contributed by atoms with Gasteiger partial charge in [0.15, 0.2) is 0 Å². The van der Waals surface area contributed by atoms with Crippen molar-refractivity contribution in [2.75, 3.05) is 6.61 Å². The summed E-state index contributed by atoms with van der Waals surface area (Å²) >= 11 is 0. The second-order valence-electron chi connectivity index (χ2n) is 2.17. The zero-order chi connectivity index (χ0) is 9.56. The monoisotopic (exact) mass is 173 g/mol.